The first kappa shape index (κ1) is 21.6. The maximum absolute atomic E-state index is 13.3. The number of nitrogens with one attached hydrogen (secondary N) is 1. The fourth-order valence-corrected chi connectivity index (χ4v) is 3.11. The van der Waals surface area contributed by atoms with Crippen LogP contribution in [0.1, 0.15) is 23.8 Å². The predicted octanol–water partition coefficient (Wildman–Crippen LogP) is 4.35. The van der Waals surface area contributed by atoms with Crippen molar-refractivity contribution in [1.82, 2.24) is 10.2 Å². The maximum Gasteiger partial charge on any atom is 0.242 e. The summed E-state index contributed by atoms with van der Waals surface area (Å²) in [6, 6.07) is 15.6. The van der Waals surface area contributed by atoms with Crippen LogP contribution >= 0.6 is 11.6 Å². The van der Waals surface area contributed by atoms with Gasteiger partial charge in [0.25, 0.3) is 0 Å². The Morgan fingerprint density at radius 2 is 1.73 bits per heavy atom. The van der Waals surface area contributed by atoms with Crippen molar-refractivity contribution in [1.29, 1.82) is 0 Å². The molecule has 1 aromatic heterocycles. The van der Waals surface area contributed by atoms with Crippen LogP contribution in [0, 0.1) is 5.82 Å². The monoisotopic (exact) mass is 428 g/mol. The van der Waals surface area contributed by atoms with Crippen LogP contribution in [0.2, 0.25) is 5.02 Å². The zero-order valence-electron chi connectivity index (χ0n) is 16.5. The molecule has 0 aliphatic heterocycles. The van der Waals surface area contributed by atoms with Crippen molar-refractivity contribution in [2.75, 3.05) is 0 Å². The summed E-state index contributed by atoms with van der Waals surface area (Å²) in [7, 11) is 0. The van der Waals surface area contributed by atoms with Crippen LogP contribution in [0.4, 0.5) is 4.39 Å². The summed E-state index contributed by atoms with van der Waals surface area (Å²) >= 11 is 5.91. The van der Waals surface area contributed by atoms with Crippen molar-refractivity contribution in [3.63, 3.8) is 0 Å². The molecule has 2 aromatic carbocycles. The highest BCUT2D eigenvalue weighted by Gasteiger charge is 2.26. The highest BCUT2D eigenvalue weighted by Crippen LogP contribution is 2.15. The number of nitrogens with zero attached hydrogens (tertiary/aromatic N) is 1. The SMILES string of the molecule is CC(C(=O)NCc1ccco1)N(Cc1ccc(F)cc1)C(=O)Cc1ccc(Cl)cc1. The Kier molecular flexibility index (Phi) is 7.25. The Labute approximate surface area is 179 Å². The van der Waals surface area contributed by atoms with Gasteiger partial charge in [0.2, 0.25) is 11.8 Å². The predicted molar refractivity (Wildman–Crippen MR) is 112 cm³/mol. The molecule has 0 saturated carbocycles. The molecule has 0 aliphatic carbocycles. The molecule has 1 N–H and O–H groups in total. The van der Waals surface area contributed by atoms with E-state index < -0.39 is 6.04 Å². The third-order valence-corrected chi connectivity index (χ3v) is 4.97. The lowest BCUT2D eigenvalue weighted by Gasteiger charge is -2.29. The Hall–Kier alpha value is -3.12. The first-order chi connectivity index (χ1) is 14.4. The standard InChI is InChI=1S/C23H22ClFN2O3/c1-16(23(29)26-14-21-3-2-12-30-21)27(15-18-6-10-20(25)11-7-18)22(28)13-17-4-8-19(24)9-5-17/h2-12,16H,13-15H2,1H3,(H,26,29). The summed E-state index contributed by atoms with van der Waals surface area (Å²) in [4.78, 5) is 27.3. The third-order valence-electron chi connectivity index (χ3n) is 4.72. The zero-order valence-corrected chi connectivity index (χ0v) is 17.2. The molecule has 3 aromatic rings. The van der Waals surface area contributed by atoms with E-state index in [1.807, 2.05) is 0 Å². The first-order valence-corrected chi connectivity index (χ1v) is 9.88. The maximum atomic E-state index is 13.3. The molecular weight excluding hydrogens is 407 g/mol. The van der Waals surface area contributed by atoms with Gasteiger partial charge in [-0.2, -0.15) is 0 Å². The van der Waals surface area contributed by atoms with Gasteiger partial charge in [0.15, 0.2) is 0 Å². The van der Waals surface area contributed by atoms with Gasteiger partial charge in [0, 0.05) is 11.6 Å². The van der Waals surface area contributed by atoms with E-state index >= 15 is 0 Å². The van der Waals surface area contributed by atoms with Gasteiger partial charge in [-0.05, 0) is 54.4 Å². The second-order valence-corrected chi connectivity index (χ2v) is 7.36. The van der Waals surface area contributed by atoms with E-state index in [9.17, 15) is 14.0 Å². The number of hydrogen-bond acceptors (Lipinski definition) is 3. The van der Waals surface area contributed by atoms with Crippen LogP contribution in [0.3, 0.4) is 0 Å². The minimum Gasteiger partial charge on any atom is -0.467 e. The molecule has 1 heterocycles. The summed E-state index contributed by atoms with van der Waals surface area (Å²) in [6.07, 6.45) is 1.65. The van der Waals surface area contributed by atoms with Crippen LogP contribution in [0.25, 0.3) is 0 Å². The Bertz CT molecular complexity index is 973. The molecule has 0 saturated heterocycles. The summed E-state index contributed by atoms with van der Waals surface area (Å²) < 4.78 is 18.5. The molecule has 0 spiro atoms. The average molecular weight is 429 g/mol. The van der Waals surface area contributed by atoms with Crippen LogP contribution in [-0.4, -0.2) is 22.8 Å². The summed E-state index contributed by atoms with van der Waals surface area (Å²) in [5, 5.41) is 3.37. The second kappa shape index (κ2) is 10.1. The van der Waals surface area contributed by atoms with E-state index in [-0.39, 0.29) is 37.1 Å². The minimum absolute atomic E-state index is 0.119. The van der Waals surface area contributed by atoms with Crippen molar-refractivity contribution in [3.05, 3.63) is 94.7 Å². The highest BCUT2D eigenvalue weighted by atomic mass is 35.5. The Morgan fingerprint density at radius 1 is 1.07 bits per heavy atom. The Balaban J connectivity index is 1.74. The van der Waals surface area contributed by atoms with E-state index in [1.165, 1.54) is 23.3 Å². The van der Waals surface area contributed by atoms with E-state index in [2.05, 4.69) is 5.32 Å². The molecule has 3 rings (SSSR count). The van der Waals surface area contributed by atoms with Gasteiger partial charge >= 0.3 is 0 Å². The second-order valence-electron chi connectivity index (χ2n) is 6.92. The molecule has 5 nitrogen and oxygen atoms in total. The molecule has 1 unspecified atom stereocenters. The minimum atomic E-state index is -0.732. The van der Waals surface area contributed by atoms with Gasteiger partial charge in [-0.25, -0.2) is 4.39 Å². The first-order valence-electron chi connectivity index (χ1n) is 9.51. The van der Waals surface area contributed by atoms with Crippen LogP contribution < -0.4 is 5.32 Å². The number of benzene rings is 2. The van der Waals surface area contributed by atoms with Gasteiger partial charge in [-0.1, -0.05) is 35.9 Å². The summed E-state index contributed by atoms with van der Waals surface area (Å²) in [6.45, 7) is 2.08. The lowest BCUT2D eigenvalue weighted by Crippen LogP contribution is -2.47. The van der Waals surface area contributed by atoms with Gasteiger partial charge in [-0.15, -0.1) is 0 Å². The Morgan fingerprint density at radius 3 is 2.37 bits per heavy atom. The zero-order chi connectivity index (χ0) is 21.5. The van der Waals surface area contributed by atoms with Gasteiger partial charge in [-0.3, -0.25) is 9.59 Å². The van der Waals surface area contributed by atoms with Crippen molar-refractivity contribution >= 4 is 23.4 Å². The molecule has 0 aliphatic rings. The van der Waals surface area contributed by atoms with Crippen molar-refractivity contribution in [2.24, 2.45) is 0 Å². The number of hydrogen-bond donors (Lipinski definition) is 1. The molecule has 7 heteroatoms. The fourth-order valence-electron chi connectivity index (χ4n) is 2.98. The molecule has 0 radical (unpaired) electrons. The smallest absolute Gasteiger partial charge is 0.242 e. The molecule has 0 bridgehead atoms. The number of halogens is 2. The number of rotatable bonds is 8. The van der Waals surface area contributed by atoms with E-state index in [4.69, 9.17) is 16.0 Å². The van der Waals surface area contributed by atoms with Gasteiger partial charge in [0.05, 0.1) is 19.2 Å². The normalized spacial score (nSPS) is 11.7. The quantitative estimate of drug-likeness (QED) is 0.580. The number of carbonyl (C=O) groups is 2. The van der Waals surface area contributed by atoms with E-state index in [1.54, 1.807) is 55.5 Å². The lowest BCUT2D eigenvalue weighted by molar-refractivity contribution is -0.140. The largest absolute Gasteiger partial charge is 0.467 e. The molecule has 1 atom stereocenters. The van der Waals surface area contributed by atoms with Crippen LogP contribution in [0.5, 0.6) is 0 Å². The van der Waals surface area contributed by atoms with Crippen molar-refractivity contribution < 1.29 is 18.4 Å². The third kappa shape index (κ3) is 5.94. The van der Waals surface area contributed by atoms with Crippen molar-refractivity contribution in [3.8, 4) is 0 Å². The molecule has 2 amide bonds. The fraction of sp³-hybridized carbons (Fsp3) is 0.217. The van der Waals surface area contributed by atoms with Crippen LogP contribution in [-0.2, 0) is 29.1 Å². The van der Waals surface area contributed by atoms with E-state index in [0.717, 1.165) is 11.1 Å². The van der Waals surface area contributed by atoms with Gasteiger partial charge < -0.3 is 14.6 Å². The molecular formula is C23H22ClFN2O3. The van der Waals surface area contributed by atoms with Crippen LogP contribution in [0.15, 0.2) is 71.3 Å². The summed E-state index contributed by atoms with van der Waals surface area (Å²) in [5.74, 6) is -0.268. The molecule has 0 fully saturated rings. The molecule has 30 heavy (non-hydrogen) atoms. The summed E-state index contributed by atoms with van der Waals surface area (Å²) in [5.41, 5.74) is 1.52. The topological polar surface area (TPSA) is 62.6 Å². The molecule has 156 valence electrons. The lowest BCUT2D eigenvalue weighted by atomic mass is 10.1. The van der Waals surface area contributed by atoms with Crippen molar-refractivity contribution in [2.45, 2.75) is 32.5 Å². The van der Waals surface area contributed by atoms with Gasteiger partial charge in [0.1, 0.15) is 17.6 Å². The number of furan rings is 1. The number of amides is 2. The van der Waals surface area contributed by atoms with E-state index in [0.29, 0.717) is 10.8 Å². The average Bonchev–Trinajstić information content (AvgIpc) is 3.26. The highest BCUT2D eigenvalue weighted by molar-refractivity contribution is 6.30. The number of carbonyl (C=O) groups excluding carboxylic acids is 2.